The second kappa shape index (κ2) is 6.32. The van der Waals surface area contributed by atoms with E-state index < -0.39 is 6.03 Å². The largest absolute Gasteiger partial charge is 0.326 e. The van der Waals surface area contributed by atoms with E-state index in [9.17, 15) is 9.59 Å². The van der Waals surface area contributed by atoms with Gasteiger partial charge < -0.3 is 5.32 Å². The highest BCUT2D eigenvalue weighted by Crippen LogP contribution is 2.12. The maximum absolute atomic E-state index is 11.8. The number of aryl methyl sites for hydroxylation is 1. The van der Waals surface area contributed by atoms with Crippen LogP contribution < -0.4 is 10.6 Å². The van der Waals surface area contributed by atoms with E-state index in [1.54, 1.807) is 37.3 Å². The van der Waals surface area contributed by atoms with E-state index in [2.05, 4.69) is 20.6 Å². The van der Waals surface area contributed by atoms with Gasteiger partial charge in [0.25, 0.3) is 0 Å². The van der Waals surface area contributed by atoms with Gasteiger partial charge in [0.1, 0.15) is 5.15 Å². The standard InChI is InChI=1S/C14H13ClN4O2/c1-8-7-12(15)18-13(16-8)19-14(21)17-11-5-3-10(4-6-11)9(2)20/h3-7H,1-2H3,(H2,16,17,18,19,21). The summed E-state index contributed by atoms with van der Waals surface area (Å²) in [6.07, 6.45) is 0. The number of hydrogen-bond acceptors (Lipinski definition) is 4. The zero-order chi connectivity index (χ0) is 15.4. The Morgan fingerprint density at radius 3 is 2.33 bits per heavy atom. The Bertz CT molecular complexity index is 666. The van der Waals surface area contributed by atoms with Crippen molar-refractivity contribution in [1.82, 2.24) is 9.97 Å². The summed E-state index contributed by atoms with van der Waals surface area (Å²) in [6.45, 7) is 3.23. The van der Waals surface area contributed by atoms with Crippen LogP contribution in [0.4, 0.5) is 16.4 Å². The molecule has 0 saturated heterocycles. The minimum absolute atomic E-state index is 0.0335. The maximum atomic E-state index is 11.8. The molecule has 1 aromatic heterocycles. The average molecular weight is 305 g/mol. The normalized spacial score (nSPS) is 10.0. The predicted octanol–water partition coefficient (Wildman–Crippen LogP) is 3.29. The molecule has 7 heteroatoms. The van der Waals surface area contributed by atoms with Crippen molar-refractivity contribution in [3.05, 3.63) is 46.7 Å². The SMILES string of the molecule is CC(=O)c1ccc(NC(=O)Nc2nc(C)cc(Cl)n2)cc1. The lowest BCUT2D eigenvalue weighted by atomic mass is 10.1. The van der Waals surface area contributed by atoms with Crippen LogP contribution in [0, 0.1) is 6.92 Å². The number of aromatic nitrogens is 2. The van der Waals surface area contributed by atoms with Crippen LogP contribution in [0.5, 0.6) is 0 Å². The third kappa shape index (κ3) is 4.25. The van der Waals surface area contributed by atoms with Crippen molar-refractivity contribution in [3.8, 4) is 0 Å². The molecule has 2 N–H and O–H groups in total. The number of ketones is 1. The number of amides is 2. The molecule has 0 unspecified atom stereocenters. The Kier molecular flexibility index (Phi) is 4.49. The van der Waals surface area contributed by atoms with Crippen molar-refractivity contribution < 1.29 is 9.59 Å². The monoisotopic (exact) mass is 304 g/mol. The first kappa shape index (κ1) is 14.9. The average Bonchev–Trinajstić information content (AvgIpc) is 2.37. The first-order valence-electron chi connectivity index (χ1n) is 6.14. The van der Waals surface area contributed by atoms with Crippen molar-refractivity contribution in [2.24, 2.45) is 0 Å². The van der Waals surface area contributed by atoms with Crippen LogP contribution in [0.3, 0.4) is 0 Å². The van der Waals surface area contributed by atoms with Gasteiger partial charge in [-0.05, 0) is 44.2 Å². The lowest BCUT2D eigenvalue weighted by molar-refractivity contribution is 0.101. The molecule has 2 aromatic rings. The maximum Gasteiger partial charge on any atom is 0.326 e. The quantitative estimate of drug-likeness (QED) is 0.673. The van der Waals surface area contributed by atoms with Gasteiger partial charge in [-0.1, -0.05) is 11.6 Å². The first-order valence-corrected chi connectivity index (χ1v) is 6.52. The number of Topliss-reactive ketones (excluding diaryl/α,β-unsaturated/α-hetero) is 1. The van der Waals surface area contributed by atoms with Gasteiger partial charge in [-0.25, -0.2) is 14.8 Å². The minimum atomic E-state index is -0.493. The van der Waals surface area contributed by atoms with E-state index in [4.69, 9.17) is 11.6 Å². The number of carbonyl (C=O) groups excluding carboxylic acids is 2. The van der Waals surface area contributed by atoms with Crippen molar-refractivity contribution in [3.63, 3.8) is 0 Å². The number of rotatable bonds is 3. The Hall–Kier alpha value is -2.47. The molecule has 21 heavy (non-hydrogen) atoms. The number of benzene rings is 1. The molecule has 0 saturated carbocycles. The molecule has 0 atom stereocenters. The fraction of sp³-hybridized carbons (Fsp3) is 0.143. The topological polar surface area (TPSA) is 84.0 Å². The fourth-order valence-electron chi connectivity index (χ4n) is 1.64. The van der Waals surface area contributed by atoms with Crippen LogP contribution in [-0.4, -0.2) is 21.8 Å². The molecule has 0 fully saturated rings. The number of nitrogens with one attached hydrogen (secondary N) is 2. The molecule has 0 radical (unpaired) electrons. The zero-order valence-corrected chi connectivity index (χ0v) is 12.2. The number of urea groups is 1. The summed E-state index contributed by atoms with van der Waals surface area (Å²) < 4.78 is 0. The van der Waals surface area contributed by atoms with Gasteiger partial charge in [-0.3, -0.25) is 10.1 Å². The minimum Gasteiger partial charge on any atom is -0.308 e. The molecular formula is C14H13ClN4O2. The van der Waals surface area contributed by atoms with Crippen molar-refractivity contribution in [1.29, 1.82) is 0 Å². The fourth-order valence-corrected chi connectivity index (χ4v) is 1.88. The highest BCUT2D eigenvalue weighted by molar-refractivity contribution is 6.29. The van der Waals surface area contributed by atoms with Crippen LogP contribution in [0.1, 0.15) is 23.0 Å². The van der Waals surface area contributed by atoms with E-state index in [0.717, 1.165) is 0 Å². The lowest BCUT2D eigenvalue weighted by Crippen LogP contribution is -2.21. The lowest BCUT2D eigenvalue weighted by Gasteiger charge is -2.07. The van der Waals surface area contributed by atoms with Gasteiger partial charge in [0, 0.05) is 16.9 Å². The van der Waals surface area contributed by atoms with Gasteiger partial charge in [0.15, 0.2) is 5.78 Å². The number of halogens is 1. The molecule has 2 amide bonds. The summed E-state index contributed by atoms with van der Waals surface area (Å²) in [7, 11) is 0. The summed E-state index contributed by atoms with van der Waals surface area (Å²) in [6, 6.07) is 7.65. The number of anilines is 2. The van der Waals surface area contributed by atoms with Gasteiger partial charge in [0.05, 0.1) is 0 Å². The molecule has 0 spiro atoms. The zero-order valence-electron chi connectivity index (χ0n) is 11.5. The summed E-state index contributed by atoms with van der Waals surface area (Å²) in [5.41, 5.74) is 1.78. The van der Waals surface area contributed by atoms with Crippen LogP contribution in [0.25, 0.3) is 0 Å². The molecule has 108 valence electrons. The molecule has 2 rings (SSSR count). The summed E-state index contributed by atoms with van der Waals surface area (Å²) in [4.78, 5) is 30.9. The molecular weight excluding hydrogens is 292 g/mol. The molecule has 0 aliphatic rings. The molecule has 1 aromatic carbocycles. The molecule has 0 aliphatic heterocycles. The number of hydrogen-bond donors (Lipinski definition) is 2. The number of carbonyl (C=O) groups is 2. The highest BCUT2D eigenvalue weighted by Gasteiger charge is 2.07. The van der Waals surface area contributed by atoms with E-state index in [0.29, 0.717) is 16.9 Å². The van der Waals surface area contributed by atoms with E-state index in [1.165, 1.54) is 6.92 Å². The summed E-state index contributed by atoms with van der Waals surface area (Å²) >= 11 is 5.79. The summed E-state index contributed by atoms with van der Waals surface area (Å²) in [5.74, 6) is 0.0895. The summed E-state index contributed by atoms with van der Waals surface area (Å²) in [5, 5.41) is 5.35. The van der Waals surface area contributed by atoms with Crippen LogP contribution >= 0.6 is 11.6 Å². The molecule has 0 aliphatic carbocycles. The highest BCUT2D eigenvalue weighted by atomic mass is 35.5. The van der Waals surface area contributed by atoms with Gasteiger partial charge in [0.2, 0.25) is 5.95 Å². The van der Waals surface area contributed by atoms with E-state index in [-0.39, 0.29) is 16.9 Å². The Balaban J connectivity index is 2.02. The smallest absolute Gasteiger partial charge is 0.308 e. The van der Waals surface area contributed by atoms with E-state index >= 15 is 0 Å². The Morgan fingerprint density at radius 1 is 1.10 bits per heavy atom. The van der Waals surface area contributed by atoms with Crippen molar-refractivity contribution >= 4 is 35.1 Å². The van der Waals surface area contributed by atoms with Crippen molar-refractivity contribution in [2.75, 3.05) is 10.6 Å². The third-order valence-corrected chi connectivity index (χ3v) is 2.79. The van der Waals surface area contributed by atoms with Crippen LogP contribution in [0.2, 0.25) is 5.15 Å². The van der Waals surface area contributed by atoms with Gasteiger partial charge >= 0.3 is 6.03 Å². The molecule has 6 nitrogen and oxygen atoms in total. The molecule has 0 bridgehead atoms. The second-order valence-electron chi connectivity index (χ2n) is 4.37. The number of nitrogens with zero attached hydrogens (tertiary/aromatic N) is 2. The van der Waals surface area contributed by atoms with Gasteiger partial charge in [-0.15, -0.1) is 0 Å². The van der Waals surface area contributed by atoms with E-state index in [1.807, 2.05) is 0 Å². The second-order valence-corrected chi connectivity index (χ2v) is 4.76. The third-order valence-electron chi connectivity index (χ3n) is 2.60. The molecule has 1 heterocycles. The van der Waals surface area contributed by atoms with Crippen molar-refractivity contribution in [2.45, 2.75) is 13.8 Å². The Morgan fingerprint density at radius 2 is 1.76 bits per heavy atom. The van der Waals surface area contributed by atoms with Gasteiger partial charge in [-0.2, -0.15) is 0 Å². The van der Waals surface area contributed by atoms with Crippen LogP contribution in [0.15, 0.2) is 30.3 Å². The first-order chi connectivity index (χ1) is 9.94. The predicted molar refractivity (Wildman–Crippen MR) is 80.9 cm³/mol. The Labute approximate surface area is 126 Å². The van der Waals surface area contributed by atoms with Crippen LogP contribution in [-0.2, 0) is 0 Å².